The topological polar surface area (TPSA) is 46.1 Å². The molecule has 4 nitrogen and oxygen atoms in total. The lowest BCUT2D eigenvalue weighted by molar-refractivity contribution is 0.104. The van der Waals surface area contributed by atoms with Gasteiger partial charge in [0.2, 0.25) is 5.78 Å². The predicted octanol–water partition coefficient (Wildman–Crippen LogP) is 3.00. The number of hydrogen-bond acceptors (Lipinski definition) is 4. The lowest BCUT2D eigenvalue weighted by atomic mass is 10.1. The van der Waals surface area contributed by atoms with Crippen molar-refractivity contribution in [2.24, 2.45) is 0 Å². The number of aromatic nitrogens is 2. The highest BCUT2D eigenvalue weighted by Gasteiger charge is 2.09. The summed E-state index contributed by atoms with van der Waals surface area (Å²) in [7, 11) is 3.99. The average Bonchev–Trinajstić information content (AvgIpc) is 2.52. The zero-order valence-electron chi connectivity index (χ0n) is 12.6. The van der Waals surface area contributed by atoms with Crippen molar-refractivity contribution in [1.82, 2.24) is 9.97 Å². The molecule has 0 saturated carbocycles. The van der Waals surface area contributed by atoms with E-state index >= 15 is 0 Å². The Kier molecular flexibility index (Phi) is 4.82. The van der Waals surface area contributed by atoms with E-state index < -0.39 is 0 Å². The van der Waals surface area contributed by atoms with Crippen LogP contribution in [0.1, 0.15) is 28.7 Å². The molecular formula is C17H19N3O. The van der Waals surface area contributed by atoms with Crippen LogP contribution in [-0.2, 0) is 6.42 Å². The van der Waals surface area contributed by atoms with Crippen molar-refractivity contribution in [3.63, 3.8) is 0 Å². The van der Waals surface area contributed by atoms with Gasteiger partial charge in [-0.05, 0) is 30.2 Å². The maximum atomic E-state index is 12.2. The molecule has 108 valence electrons. The van der Waals surface area contributed by atoms with E-state index in [2.05, 4.69) is 9.97 Å². The lowest BCUT2D eigenvalue weighted by Crippen LogP contribution is -2.08. The van der Waals surface area contributed by atoms with Crippen molar-refractivity contribution in [2.45, 2.75) is 13.3 Å². The van der Waals surface area contributed by atoms with E-state index in [0.717, 1.165) is 16.9 Å². The molecule has 0 saturated heterocycles. The van der Waals surface area contributed by atoms with Crippen molar-refractivity contribution in [3.05, 3.63) is 59.7 Å². The van der Waals surface area contributed by atoms with E-state index in [1.807, 2.05) is 50.2 Å². The van der Waals surface area contributed by atoms with E-state index in [0.29, 0.717) is 12.1 Å². The van der Waals surface area contributed by atoms with Gasteiger partial charge in [-0.15, -0.1) is 0 Å². The summed E-state index contributed by atoms with van der Waals surface area (Å²) in [6.07, 6.45) is 7.20. The van der Waals surface area contributed by atoms with Crippen molar-refractivity contribution in [1.29, 1.82) is 0 Å². The molecule has 21 heavy (non-hydrogen) atoms. The van der Waals surface area contributed by atoms with Gasteiger partial charge in [-0.25, -0.2) is 4.98 Å². The highest BCUT2D eigenvalue weighted by Crippen LogP contribution is 2.13. The Labute approximate surface area is 125 Å². The van der Waals surface area contributed by atoms with Crippen LogP contribution in [0, 0.1) is 0 Å². The molecule has 0 radical (unpaired) electrons. The number of anilines is 1. The van der Waals surface area contributed by atoms with Gasteiger partial charge in [0.15, 0.2) is 0 Å². The van der Waals surface area contributed by atoms with Crippen LogP contribution in [0.4, 0.5) is 5.69 Å². The van der Waals surface area contributed by atoms with Crippen molar-refractivity contribution < 1.29 is 4.79 Å². The lowest BCUT2D eigenvalue weighted by Gasteiger charge is -2.11. The van der Waals surface area contributed by atoms with E-state index in [1.54, 1.807) is 24.5 Å². The monoisotopic (exact) mass is 281 g/mol. The number of carbonyl (C=O) groups excluding carboxylic acids is 1. The molecule has 0 aliphatic rings. The number of rotatable bonds is 5. The summed E-state index contributed by atoms with van der Waals surface area (Å²) in [4.78, 5) is 22.5. The van der Waals surface area contributed by atoms with Gasteiger partial charge >= 0.3 is 0 Å². The highest BCUT2D eigenvalue weighted by molar-refractivity contribution is 6.06. The quantitative estimate of drug-likeness (QED) is 0.624. The first kappa shape index (κ1) is 14.9. The van der Waals surface area contributed by atoms with E-state index in [-0.39, 0.29) is 5.78 Å². The molecule has 0 atom stereocenters. The van der Waals surface area contributed by atoms with Crippen LogP contribution in [0.2, 0.25) is 0 Å². The minimum atomic E-state index is -0.114. The molecule has 0 unspecified atom stereocenters. The first-order valence-corrected chi connectivity index (χ1v) is 6.91. The molecule has 0 aliphatic carbocycles. The van der Waals surface area contributed by atoms with Crippen LogP contribution < -0.4 is 4.90 Å². The fraction of sp³-hybridized carbons (Fsp3) is 0.235. The van der Waals surface area contributed by atoms with Gasteiger partial charge in [0.05, 0.1) is 5.69 Å². The summed E-state index contributed by atoms with van der Waals surface area (Å²) in [5.74, 6) is -0.114. The van der Waals surface area contributed by atoms with Crippen LogP contribution >= 0.6 is 0 Å². The molecule has 1 aromatic heterocycles. The van der Waals surface area contributed by atoms with E-state index in [4.69, 9.17) is 0 Å². The molecule has 4 heteroatoms. The summed E-state index contributed by atoms with van der Waals surface area (Å²) in [5.41, 5.74) is 3.27. The second kappa shape index (κ2) is 6.79. The van der Waals surface area contributed by atoms with Gasteiger partial charge in [0, 0.05) is 32.2 Å². The minimum Gasteiger partial charge on any atom is -0.378 e. The third-order valence-corrected chi connectivity index (χ3v) is 3.18. The first-order valence-electron chi connectivity index (χ1n) is 6.91. The van der Waals surface area contributed by atoms with Gasteiger partial charge in [0.25, 0.3) is 0 Å². The van der Waals surface area contributed by atoms with Crippen LogP contribution in [0.15, 0.2) is 42.7 Å². The fourth-order valence-electron chi connectivity index (χ4n) is 1.97. The summed E-state index contributed by atoms with van der Waals surface area (Å²) in [5, 5.41) is 0. The Balaban J connectivity index is 2.15. The smallest absolute Gasteiger partial charge is 0.206 e. The summed E-state index contributed by atoms with van der Waals surface area (Å²) in [6, 6.07) is 8.00. The number of benzene rings is 1. The normalized spacial score (nSPS) is 10.8. The van der Waals surface area contributed by atoms with Crippen LogP contribution in [-0.4, -0.2) is 29.8 Å². The molecule has 2 aromatic rings. The van der Waals surface area contributed by atoms with Crippen molar-refractivity contribution in [2.75, 3.05) is 19.0 Å². The molecule has 0 amide bonds. The summed E-state index contributed by atoms with van der Waals surface area (Å²) in [6.45, 7) is 1.96. The molecular weight excluding hydrogens is 262 g/mol. The first-order chi connectivity index (χ1) is 10.1. The largest absolute Gasteiger partial charge is 0.378 e. The molecule has 0 bridgehead atoms. The Hall–Kier alpha value is -2.49. The average molecular weight is 281 g/mol. The van der Waals surface area contributed by atoms with Crippen LogP contribution in [0.25, 0.3) is 6.08 Å². The van der Waals surface area contributed by atoms with E-state index in [1.165, 1.54) is 0 Å². The van der Waals surface area contributed by atoms with Crippen molar-refractivity contribution >= 4 is 17.5 Å². The molecule has 0 fully saturated rings. The predicted molar refractivity (Wildman–Crippen MR) is 85.5 cm³/mol. The standard InChI is InChI=1S/C17H19N3O/c1-4-15-17(19-12-11-18-15)16(21)10-7-13-5-8-14(9-6-13)20(2)3/h5-12H,4H2,1-3H3/b10-7+. The Morgan fingerprint density at radius 2 is 1.81 bits per heavy atom. The number of carbonyl (C=O) groups is 1. The Morgan fingerprint density at radius 3 is 2.43 bits per heavy atom. The number of ketones is 1. The van der Waals surface area contributed by atoms with Crippen LogP contribution in [0.3, 0.4) is 0 Å². The second-order valence-corrected chi connectivity index (χ2v) is 4.89. The number of nitrogens with zero attached hydrogens (tertiary/aromatic N) is 3. The zero-order chi connectivity index (χ0) is 15.2. The third kappa shape index (κ3) is 3.75. The molecule has 1 heterocycles. The Bertz CT molecular complexity index is 645. The maximum absolute atomic E-state index is 12.2. The van der Waals surface area contributed by atoms with E-state index in [9.17, 15) is 4.79 Å². The van der Waals surface area contributed by atoms with Gasteiger partial charge in [-0.1, -0.05) is 25.1 Å². The van der Waals surface area contributed by atoms with Crippen LogP contribution in [0.5, 0.6) is 0 Å². The SMILES string of the molecule is CCc1nccnc1C(=O)/C=C/c1ccc(N(C)C)cc1. The summed E-state index contributed by atoms with van der Waals surface area (Å²) < 4.78 is 0. The van der Waals surface area contributed by atoms with Gasteiger partial charge < -0.3 is 4.90 Å². The molecule has 1 aromatic carbocycles. The molecule has 0 aliphatic heterocycles. The molecule has 0 spiro atoms. The highest BCUT2D eigenvalue weighted by atomic mass is 16.1. The minimum absolute atomic E-state index is 0.114. The number of allylic oxidation sites excluding steroid dienone is 1. The number of hydrogen-bond donors (Lipinski definition) is 0. The van der Waals surface area contributed by atoms with Gasteiger partial charge in [0.1, 0.15) is 5.69 Å². The fourth-order valence-corrected chi connectivity index (χ4v) is 1.97. The number of aryl methyl sites for hydroxylation is 1. The van der Waals surface area contributed by atoms with Crippen molar-refractivity contribution in [3.8, 4) is 0 Å². The third-order valence-electron chi connectivity index (χ3n) is 3.18. The second-order valence-electron chi connectivity index (χ2n) is 4.89. The maximum Gasteiger partial charge on any atom is 0.206 e. The molecule has 0 N–H and O–H groups in total. The van der Waals surface area contributed by atoms with Gasteiger partial charge in [-0.2, -0.15) is 0 Å². The van der Waals surface area contributed by atoms with Gasteiger partial charge in [-0.3, -0.25) is 9.78 Å². The summed E-state index contributed by atoms with van der Waals surface area (Å²) >= 11 is 0. The zero-order valence-corrected chi connectivity index (χ0v) is 12.6. The Morgan fingerprint density at radius 1 is 1.14 bits per heavy atom. The molecule has 2 rings (SSSR count).